The second-order valence-electron chi connectivity index (χ2n) is 2.73. The summed E-state index contributed by atoms with van der Waals surface area (Å²) in [6.45, 7) is 0. The lowest BCUT2D eigenvalue weighted by atomic mass is 10.2. The van der Waals surface area contributed by atoms with Gasteiger partial charge < -0.3 is 0 Å². The predicted octanol–water partition coefficient (Wildman–Crippen LogP) is 1.78. The van der Waals surface area contributed by atoms with Crippen LogP contribution in [0.1, 0.15) is 0 Å². The second-order valence-corrected chi connectivity index (χ2v) is 3.43. The first kappa shape index (κ1) is 9.11. The topological polar surface area (TPSA) is 62.2 Å². The maximum Gasteiger partial charge on any atom is 0.260 e. The molecular formula is C9H8N2O2S. The lowest BCUT2D eigenvalue weighted by Crippen LogP contribution is -2.03. The van der Waals surface area contributed by atoms with Crippen LogP contribution in [0.4, 0.5) is 5.82 Å². The third-order valence-corrected chi connectivity index (χ3v) is 2.23. The molecule has 0 amide bonds. The number of hydrogen-bond acceptors (Lipinski definition) is 2. The molecule has 0 aliphatic rings. The molecule has 4 nitrogen and oxygen atoms in total. The number of pyridine rings is 1. The molecule has 0 bridgehead atoms. The molecular weight excluding hydrogens is 200 g/mol. The van der Waals surface area contributed by atoms with Crippen LogP contribution in [0, 0.1) is 0 Å². The maximum atomic E-state index is 10.6. The third-order valence-electron chi connectivity index (χ3n) is 1.86. The van der Waals surface area contributed by atoms with E-state index in [1.807, 2.05) is 30.3 Å². The zero-order valence-corrected chi connectivity index (χ0v) is 7.99. The zero-order chi connectivity index (χ0) is 9.97. The van der Waals surface area contributed by atoms with E-state index >= 15 is 0 Å². The summed E-state index contributed by atoms with van der Waals surface area (Å²) in [5.41, 5.74) is 0. The molecule has 0 spiro atoms. The number of benzene rings is 1. The lowest BCUT2D eigenvalue weighted by Gasteiger charge is -2.03. The summed E-state index contributed by atoms with van der Waals surface area (Å²) in [6.07, 6.45) is 1.59. The smallest absolute Gasteiger partial charge is 0.260 e. The SMILES string of the molecule is O=S(O)Nc1nccc2ccccc12. The molecule has 0 fully saturated rings. The van der Waals surface area contributed by atoms with Crippen molar-refractivity contribution in [3.63, 3.8) is 0 Å². The van der Waals surface area contributed by atoms with Gasteiger partial charge in [-0.25, -0.2) is 9.19 Å². The minimum absolute atomic E-state index is 0.420. The van der Waals surface area contributed by atoms with Crippen LogP contribution in [-0.4, -0.2) is 13.7 Å². The van der Waals surface area contributed by atoms with Gasteiger partial charge in [-0.3, -0.25) is 9.27 Å². The summed E-state index contributed by atoms with van der Waals surface area (Å²) in [4.78, 5) is 3.98. The molecule has 0 aliphatic heterocycles. The number of hydrogen-bond donors (Lipinski definition) is 2. The molecule has 1 unspecified atom stereocenters. The highest BCUT2D eigenvalue weighted by atomic mass is 32.2. The minimum Gasteiger partial charge on any atom is -0.289 e. The van der Waals surface area contributed by atoms with E-state index in [2.05, 4.69) is 9.71 Å². The van der Waals surface area contributed by atoms with Crippen molar-refractivity contribution in [3.8, 4) is 0 Å². The molecule has 14 heavy (non-hydrogen) atoms. The van der Waals surface area contributed by atoms with Gasteiger partial charge in [-0.1, -0.05) is 24.3 Å². The van der Waals surface area contributed by atoms with Crippen LogP contribution in [-0.2, 0) is 11.3 Å². The van der Waals surface area contributed by atoms with Gasteiger partial charge in [0.25, 0.3) is 11.3 Å². The second kappa shape index (κ2) is 3.73. The first-order valence-corrected chi connectivity index (χ1v) is 5.09. The number of nitrogens with one attached hydrogen (secondary N) is 1. The van der Waals surface area contributed by atoms with Crippen LogP contribution >= 0.6 is 0 Å². The highest BCUT2D eigenvalue weighted by Crippen LogP contribution is 2.20. The Kier molecular flexibility index (Phi) is 2.43. The van der Waals surface area contributed by atoms with E-state index in [0.717, 1.165) is 10.8 Å². The van der Waals surface area contributed by atoms with Gasteiger partial charge in [0.2, 0.25) is 0 Å². The Balaban J connectivity index is 2.59. The largest absolute Gasteiger partial charge is 0.289 e. The average molecular weight is 208 g/mol. The minimum atomic E-state index is -2.09. The van der Waals surface area contributed by atoms with Gasteiger partial charge in [-0.2, -0.15) is 0 Å². The van der Waals surface area contributed by atoms with Gasteiger partial charge in [0.1, 0.15) is 5.82 Å². The van der Waals surface area contributed by atoms with Crippen LogP contribution in [0.25, 0.3) is 10.8 Å². The Morgan fingerprint density at radius 3 is 2.86 bits per heavy atom. The molecule has 1 aromatic carbocycles. The van der Waals surface area contributed by atoms with Crippen molar-refractivity contribution >= 4 is 27.9 Å². The number of rotatable bonds is 2. The van der Waals surface area contributed by atoms with Gasteiger partial charge >= 0.3 is 0 Å². The average Bonchev–Trinajstić information content (AvgIpc) is 2.18. The third kappa shape index (κ3) is 1.73. The number of aromatic nitrogens is 1. The quantitative estimate of drug-likeness (QED) is 0.739. The standard InChI is InChI=1S/C9H8N2O2S/c12-14(13)11-9-8-4-2-1-3-7(8)5-6-10-9/h1-6H,(H,10,11)(H,12,13). The molecule has 1 atom stereocenters. The number of nitrogens with zero attached hydrogens (tertiary/aromatic N) is 1. The molecule has 2 aromatic rings. The van der Waals surface area contributed by atoms with Crippen LogP contribution < -0.4 is 4.72 Å². The highest BCUT2D eigenvalue weighted by Gasteiger charge is 2.02. The van der Waals surface area contributed by atoms with Crippen LogP contribution in [0.15, 0.2) is 36.5 Å². The summed E-state index contributed by atoms with van der Waals surface area (Å²) < 4.78 is 21.6. The molecule has 1 heterocycles. The molecule has 1 aromatic heterocycles. The normalized spacial score (nSPS) is 12.6. The van der Waals surface area contributed by atoms with Crippen molar-refractivity contribution in [3.05, 3.63) is 36.5 Å². The van der Waals surface area contributed by atoms with Gasteiger partial charge in [0.05, 0.1) is 0 Å². The van der Waals surface area contributed by atoms with Crippen molar-refractivity contribution in [1.29, 1.82) is 0 Å². The first-order valence-electron chi connectivity index (χ1n) is 3.98. The van der Waals surface area contributed by atoms with E-state index in [-0.39, 0.29) is 0 Å². The van der Waals surface area contributed by atoms with Gasteiger partial charge in [0, 0.05) is 11.6 Å². The van der Waals surface area contributed by atoms with Gasteiger partial charge in [-0.05, 0) is 11.5 Å². The maximum absolute atomic E-state index is 10.6. The van der Waals surface area contributed by atoms with E-state index in [0.29, 0.717) is 5.82 Å². The zero-order valence-electron chi connectivity index (χ0n) is 7.18. The monoisotopic (exact) mass is 208 g/mol. The molecule has 0 radical (unpaired) electrons. The van der Waals surface area contributed by atoms with E-state index in [9.17, 15) is 4.21 Å². The summed E-state index contributed by atoms with van der Waals surface area (Å²) in [7, 11) is 0. The lowest BCUT2D eigenvalue weighted by molar-refractivity contribution is 0.570. The Hall–Kier alpha value is -1.46. The van der Waals surface area contributed by atoms with Gasteiger partial charge in [0.15, 0.2) is 0 Å². The van der Waals surface area contributed by atoms with E-state index in [4.69, 9.17) is 4.55 Å². The molecule has 5 heteroatoms. The Bertz CT molecular complexity index is 482. The fourth-order valence-corrected chi connectivity index (χ4v) is 1.61. The summed E-state index contributed by atoms with van der Waals surface area (Å²) in [6, 6.07) is 9.37. The van der Waals surface area contributed by atoms with E-state index < -0.39 is 11.3 Å². The van der Waals surface area contributed by atoms with E-state index in [1.54, 1.807) is 6.20 Å². The molecule has 2 rings (SSSR count). The fraction of sp³-hybridized carbons (Fsp3) is 0. The Labute approximate surface area is 83.4 Å². The summed E-state index contributed by atoms with van der Waals surface area (Å²) >= 11 is -2.09. The Morgan fingerprint density at radius 1 is 1.29 bits per heavy atom. The van der Waals surface area contributed by atoms with Crippen molar-refractivity contribution in [1.82, 2.24) is 4.98 Å². The molecule has 2 N–H and O–H groups in total. The van der Waals surface area contributed by atoms with Gasteiger partial charge in [-0.15, -0.1) is 0 Å². The Morgan fingerprint density at radius 2 is 2.07 bits per heavy atom. The molecule has 72 valence electrons. The van der Waals surface area contributed by atoms with Crippen molar-refractivity contribution < 1.29 is 8.76 Å². The summed E-state index contributed by atoms with van der Waals surface area (Å²) in [5, 5.41) is 1.81. The highest BCUT2D eigenvalue weighted by molar-refractivity contribution is 7.80. The number of anilines is 1. The number of fused-ring (bicyclic) bond motifs is 1. The van der Waals surface area contributed by atoms with E-state index in [1.165, 1.54) is 0 Å². The molecule has 0 aliphatic carbocycles. The fourth-order valence-electron chi connectivity index (χ4n) is 1.28. The molecule has 0 saturated carbocycles. The van der Waals surface area contributed by atoms with Crippen LogP contribution in [0.3, 0.4) is 0 Å². The van der Waals surface area contributed by atoms with Crippen LogP contribution in [0.5, 0.6) is 0 Å². The van der Waals surface area contributed by atoms with Crippen molar-refractivity contribution in [2.75, 3.05) is 4.72 Å². The first-order chi connectivity index (χ1) is 6.77. The van der Waals surface area contributed by atoms with Crippen molar-refractivity contribution in [2.24, 2.45) is 0 Å². The molecule has 0 saturated heterocycles. The van der Waals surface area contributed by atoms with Crippen molar-refractivity contribution in [2.45, 2.75) is 0 Å². The predicted molar refractivity (Wildman–Crippen MR) is 56.1 cm³/mol. The summed E-state index contributed by atoms with van der Waals surface area (Å²) in [5.74, 6) is 0.420. The van der Waals surface area contributed by atoms with Crippen LogP contribution in [0.2, 0.25) is 0 Å².